The quantitative estimate of drug-likeness (QED) is 0.293. The lowest BCUT2D eigenvalue weighted by molar-refractivity contribution is 0.414. The Labute approximate surface area is 210 Å². The molecule has 0 amide bonds. The molecule has 0 aliphatic rings. The van der Waals surface area contributed by atoms with Crippen molar-refractivity contribution in [1.82, 2.24) is 10.1 Å². The number of nitrogens with zero attached hydrogens (tertiary/aromatic N) is 3. The monoisotopic (exact) mass is 525 g/mol. The van der Waals surface area contributed by atoms with E-state index in [1.807, 2.05) is 0 Å². The first-order valence-corrected chi connectivity index (χ1v) is 12.3. The number of methoxy groups -OCH3 is 1. The Kier molecular flexibility index (Phi) is 5.99. The first-order chi connectivity index (χ1) is 17.3. The molecule has 0 spiro atoms. The summed E-state index contributed by atoms with van der Waals surface area (Å²) in [6.07, 6.45) is 3.96. The van der Waals surface area contributed by atoms with E-state index in [4.69, 9.17) is 20.9 Å². The second-order valence-corrected chi connectivity index (χ2v) is 9.88. The predicted molar refractivity (Wildman–Crippen MR) is 133 cm³/mol. The molecule has 2 heterocycles. The fourth-order valence-electron chi connectivity index (χ4n) is 3.82. The van der Waals surface area contributed by atoms with Crippen LogP contribution >= 0.6 is 11.6 Å². The maximum absolute atomic E-state index is 14.0. The SMILES string of the molecule is COc1cc(-c2cccc(F)c2)c(Cl)cc1N(c1ccon1)S(=O)(=O)c1ccc2cncc(O)c2c1. The normalized spacial score (nSPS) is 11.5. The molecule has 0 saturated heterocycles. The van der Waals surface area contributed by atoms with Gasteiger partial charge < -0.3 is 14.4 Å². The van der Waals surface area contributed by atoms with Gasteiger partial charge in [0.05, 0.1) is 23.2 Å². The predicted octanol–water partition coefficient (Wildman–Crippen LogP) is 5.92. The van der Waals surface area contributed by atoms with Crippen molar-refractivity contribution < 1.29 is 27.2 Å². The van der Waals surface area contributed by atoms with Crippen LogP contribution in [0.3, 0.4) is 0 Å². The molecule has 5 aromatic rings. The van der Waals surface area contributed by atoms with Gasteiger partial charge in [0, 0.05) is 28.6 Å². The Morgan fingerprint density at radius 2 is 1.92 bits per heavy atom. The van der Waals surface area contributed by atoms with Crippen LogP contribution in [-0.2, 0) is 10.0 Å². The lowest BCUT2D eigenvalue weighted by Crippen LogP contribution is -2.27. The maximum atomic E-state index is 14.0. The highest BCUT2D eigenvalue weighted by Gasteiger charge is 2.32. The van der Waals surface area contributed by atoms with Gasteiger partial charge >= 0.3 is 0 Å². The number of pyridine rings is 1. The highest BCUT2D eigenvalue weighted by molar-refractivity contribution is 7.93. The third-order valence-corrected chi connectivity index (χ3v) is 7.53. The number of anilines is 2. The second kappa shape index (κ2) is 9.14. The Balaban J connectivity index is 1.72. The van der Waals surface area contributed by atoms with Gasteiger partial charge in [-0.25, -0.2) is 17.1 Å². The van der Waals surface area contributed by atoms with E-state index in [9.17, 15) is 17.9 Å². The minimum atomic E-state index is -4.34. The summed E-state index contributed by atoms with van der Waals surface area (Å²) in [6.45, 7) is 0. The van der Waals surface area contributed by atoms with Gasteiger partial charge in [0.15, 0.2) is 5.82 Å². The lowest BCUT2D eigenvalue weighted by atomic mass is 10.0. The van der Waals surface area contributed by atoms with E-state index in [1.54, 1.807) is 6.07 Å². The van der Waals surface area contributed by atoms with Crippen molar-refractivity contribution in [2.75, 3.05) is 11.4 Å². The van der Waals surface area contributed by atoms with Gasteiger partial charge in [-0.1, -0.05) is 35.0 Å². The van der Waals surface area contributed by atoms with Crippen LogP contribution in [0.15, 0.2) is 88.7 Å². The summed E-state index contributed by atoms with van der Waals surface area (Å²) < 4.78 is 53.2. The summed E-state index contributed by atoms with van der Waals surface area (Å²) >= 11 is 6.56. The standard InChI is InChI=1S/C25H17ClFN3O5S/c1-34-24-11-19(15-3-2-4-17(27)9-15)21(26)12-22(24)30(25-7-8-35-29-25)36(32,33)18-6-5-16-13-28-14-23(31)20(16)10-18/h2-14,31H,1H3. The molecule has 11 heteroatoms. The van der Waals surface area contributed by atoms with Crippen LogP contribution in [0.25, 0.3) is 21.9 Å². The maximum Gasteiger partial charge on any atom is 0.270 e. The number of fused-ring (bicyclic) bond motifs is 1. The Morgan fingerprint density at radius 3 is 2.64 bits per heavy atom. The van der Waals surface area contributed by atoms with Crippen LogP contribution in [0.1, 0.15) is 0 Å². The number of hydrogen-bond donors (Lipinski definition) is 1. The van der Waals surface area contributed by atoms with E-state index >= 15 is 0 Å². The average molecular weight is 526 g/mol. The van der Waals surface area contributed by atoms with Crippen LogP contribution in [0, 0.1) is 5.82 Å². The molecular weight excluding hydrogens is 509 g/mol. The molecule has 182 valence electrons. The molecule has 0 saturated carbocycles. The number of sulfonamides is 1. The number of benzene rings is 3. The number of ether oxygens (including phenoxy) is 1. The van der Waals surface area contributed by atoms with Crippen LogP contribution in [0.5, 0.6) is 11.5 Å². The molecule has 0 bridgehead atoms. The minimum absolute atomic E-state index is 0.0515. The van der Waals surface area contributed by atoms with Crippen molar-refractivity contribution in [3.63, 3.8) is 0 Å². The largest absolute Gasteiger partial charge is 0.506 e. The first-order valence-electron chi connectivity index (χ1n) is 10.5. The van der Waals surface area contributed by atoms with Crippen molar-refractivity contribution >= 4 is 43.9 Å². The van der Waals surface area contributed by atoms with E-state index in [0.29, 0.717) is 21.9 Å². The van der Waals surface area contributed by atoms with Crippen molar-refractivity contribution in [1.29, 1.82) is 0 Å². The molecule has 3 aromatic carbocycles. The van der Waals surface area contributed by atoms with Crippen LogP contribution in [0.2, 0.25) is 5.02 Å². The Hall–Kier alpha value is -4.15. The minimum Gasteiger partial charge on any atom is -0.506 e. The van der Waals surface area contributed by atoms with Gasteiger partial charge in [0.2, 0.25) is 0 Å². The fraction of sp³-hybridized carbons (Fsp3) is 0.0400. The smallest absolute Gasteiger partial charge is 0.270 e. The highest BCUT2D eigenvalue weighted by atomic mass is 35.5. The Morgan fingerprint density at radius 1 is 1.08 bits per heavy atom. The summed E-state index contributed by atoms with van der Waals surface area (Å²) in [5.41, 5.74) is 0.979. The highest BCUT2D eigenvalue weighted by Crippen LogP contribution is 2.44. The first kappa shape index (κ1) is 23.6. The van der Waals surface area contributed by atoms with E-state index in [-0.39, 0.29) is 32.9 Å². The van der Waals surface area contributed by atoms with Gasteiger partial charge in [0.25, 0.3) is 10.0 Å². The third-order valence-electron chi connectivity index (χ3n) is 5.50. The summed E-state index contributed by atoms with van der Waals surface area (Å²) in [6, 6.07) is 14.4. The zero-order valence-electron chi connectivity index (χ0n) is 18.6. The zero-order chi connectivity index (χ0) is 25.4. The van der Waals surface area contributed by atoms with Crippen molar-refractivity contribution in [3.8, 4) is 22.6 Å². The number of aromatic hydroxyl groups is 1. The lowest BCUT2D eigenvalue weighted by Gasteiger charge is -2.24. The van der Waals surface area contributed by atoms with Gasteiger partial charge in [-0.3, -0.25) is 4.98 Å². The molecule has 0 atom stereocenters. The average Bonchev–Trinajstić information content (AvgIpc) is 3.38. The van der Waals surface area contributed by atoms with Crippen LogP contribution < -0.4 is 9.04 Å². The van der Waals surface area contributed by atoms with Crippen molar-refractivity contribution in [2.24, 2.45) is 0 Å². The summed E-state index contributed by atoms with van der Waals surface area (Å²) in [4.78, 5) is 3.78. The van der Waals surface area contributed by atoms with Crippen LogP contribution in [-0.4, -0.2) is 30.8 Å². The molecule has 0 radical (unpaired) electrons. The number of rotatable bonds is 6. The molecule has 0 unspecified atom stereocenters. The van der Waals surface area contributed by atoms with E-state index in [2.05, 4.69) is 10.1 Å². The molecule has 8 nitrogen and oxygen atoms in total. The molecule has 1 N–H and O–H groups in total. The number of aromatic nitrogens is 2. The molecule has 0 fully saturated rings. The summed E-state index contributed by atoms with van der Waals surface area (Å²) in [5, 5.41) is 15.1. The van der Waals surface area contributed by atoms with Crippen molar-refractivity contribution in [2.45, 2.75) is 4.90 Å². The molecule has 0 aliphatic heterocycles. The Bertz CT molecular complexity index is 1690. The molecule has 36 heavy (non-hydrogen) atoms. The molecular formula is C25H17ClFN3O5S. The topological polar surface area (TPSA) is 106 Å². The van der Waals surface area contributed by atoms with Gasteiger partial charge in [-0.05, 0) is 42.0 Å². The summed E-state index contributed by atoms with van der Waals surface area (Å²) in [5.74, 6) is -0.536. The van der Waals surface area contributed by atoms with Crippen molar-refractivity contribution in [3.05, 3.63) is 90.2 Å². The van der Waals surface area contributed by atoms with E-state index in [1.165, 1.54) is 80.4 Å². The molecule has 5 rings (SSSR count). The van der Waals surface area contributed by atoms with Crippen LogP contribution in [0.4, 0.5) is 15.9 Å². The molecule has 2 aromatic heterocycles. The second-order valence-electron chi connectivity index (χ2n) is 7.68. The van der Waals surface area contributed by atoms with Gasteiger partial charge in [0.1, 0.15) is 29.3 Å². The van der Waals surface area contributed by atoms with Gasteiger partial charge in [-0.15, -0.1) is 0 Å². The zero-order valence-corrected chi connectivity index (χ0v) is 20.2. The fourth-order valence-corrected chi connectivity index (χ4v) is 5.55. The number of hydrogen-bond acceptors (Lipinski definition) is 7. The molecule has 0 aliphatic carbocycles. The van der Waals surface area contributed by atoms with Gasteiger partial charge in [-0.2, -0.15) is 0 Å². The third kappa shape index (κ3) is 4.10. The summed E-state index contributed by atoms with van der Waals surface area (Å²) in [7, 11) is -2.97. The number of halogens is 2. The van der Waals surface area contributed by atoms with E-state index in [0.717, 1.165) is 4.31 Å². The van der Waals surface area contributed by atoms with E-state index < -0.39 is 15.8 Å².